The van der Waals surface area contributed by atoms with Crippen LogP contribution < -0.4 is 5.32 Å². The number of thiazole rings is 1. The van der Waals surface area contributed by atoms with Crippen molar-refractivity contribution < 1.29 is 13.9 Å². The van der Waals surface area contributed by atoms with Gasteiger partial charge in [-0.1, -0.05) is 13.0 Å². The highest BCUT2D eigenvalue weighted by molar-refractivity contribution is 7.09. The average Bonchev–Trinajstić information content (AvgIpc) is 2.86. The Bertz CT molecular complexity index is 613. The van der Waals surface area contributed by atoms with Crippen molar-refractivity contribution in [2.75, 3.05) is 6.54 Å². The van der Waals surface area contributed by atoms with Crippen molar-refractivity contribution in [3.8, 4) is 0 Å². The maximum absolute atomic E-state index is 13.7. The molecule has 1 aromatic heterocycles. The van der Waals surface area contributed by atoms with Gasteiger partial charge in [0.25, 0.3) is 0 Å². The Kier molecular flexibility index (Phi) is 5.03. The molecule has 2 N–H and O–H groups in total. The molecule has 0 radical (unpaired) electrons. The summed E-state index contributed by atoms with van der Waals surface area (Å²) in [5.41, 5.74) is -0.447. The molecule has 2 rings (SSSR count). The Morgan fingerprint density at radius 1 is 1.38 bits per heavy atom. The summed E-state index contributed by atoms with van der Waals surface area (Å²) in [4.78, 5) is 4.40. The SMILES string of the molecule is CCc1nc(CNCC(C)(O)c2ccc(F)cc2F)cs1. The second-order valence-corrected chi connectivity index (χ2v) is 6.03. The van der Waals surface area contributed by atoms with Crippen LogP contribution in [0.5, 0.6) is 0 Å². The van der Waals surface area contributed by atoms with E-state index in [1.54, 1.807) is 11.3 Å². The van der Waals surface area contributed by atoms with E-state index in [2.05, 4.69) is 10.3 Å². The molecule has 0 saturated heterocycles. The molecule has 0 aliphatic heterocycles. The molecule has 0 aliphatic rings. The highest BCUT2D eigenvalue weighted by atomic mass is 32.1. The summed E-state index contributed by atoms with van der Waals surface area (Å²) in [6, 6.07) is 3.18. The van der Waals surface area contributed by atoms with E-state index in [0.717, 1.165) is 29.3 Å². The molecule has 0 bridgehead atoms. The standard InChI is InChI=1S/C15H18F2N2OS/c1-3-14-19-11(8-21-14)7-18-9-15(2,20)12-5-4-10(16)6-13(12)17/h4-6,8,18,20H,3,7,9H2,1-2H3. The van der Waals surface area contributed by atoms with E-state index in [1.165, 1.54) is 13.0 Å². The van der Waals surface area contributed by atoms with E-state index in [4.69, 9.17) is 0 Å². The average molecular weight is 312 g/mol. The van der Waals surface area contributed by atoms with Crippen molar-refractivity contribution in [1.82, 2.24) is 10.3 Å². The lowest BCUT2D eigenvalue weighted by Gasteiger charge is -2.24. The topological polar surface area (TPSA) is 45.2 Å². The van der Waals surface area contributed by atoms with Crippen LogP contribution >= 0.6 is 11.3 Å². The number of rotatable bonds is 6. The predicted octanol–water partition coefficient (Wildman–Crippen LogP) is 2.98. The van der Waals surface area contributed by atoms with Gasteiger partial charge in [-0.3, -0.25) is 0 Å². The number of aliphatic hydroxyl groups is 1. The van der Waals surface area contributed by atoms with Gasteiger partial charge in [0.1, 0.15) is 17.2 Å². The molecule has 1 heterocycles. The molecule has 0 aliphatic carbocycles. The zero-order valence-electron chi connectivity index (χ0n) is 12.0. The normalized spacial score (nSPS) is 14.1. The number of hydrogen-bond acceptors (Lipinski definition) is 4. The van der Waals surface area contributed by atoms with E-state index in [-0.39, 0.29) is 12.1 Å². The lowest BCUT2D eigenvalue weighted by atomic mass is 9.95. The fourth-order valence-electron chi connectivity index (χ4n) is 2.05. The first-order valence-corrected chi connectivity index (χ1v) is 7.62. The third kappa shape index (κ3) is 4.06. The molecular formula is C15H18F2N2OS. The Hall–Kier alpha value is -1.37. The first-order valence-electron chi connectivity index (χ1n) is 6.74. The van der Waals surface area contributed by atoms with Gasteiger partial charge >= 0.3 is 0 Å². The summed E-state index contributed by atoms with van der Waals surface area (Å²) in [6.07, 6.45) is 0.892. The summed E-state index contributed by atoms with van der Waals surface area (Å²) >= 11 is 1.59. The molecule has 0 spiro atoms. The number of benzene rings is 1. The molecule has 21 heavy (non-hydrogen) atoms. The van der Waals surface area contributed by atoms with Crippen LogP contribution in [-0.4, -0.2) is 16.6 Å². The van der Waals surface area contributed by atoms with Crippen molar-refractivity contribution in [2.24, 2.45) is 0 Å². The van der Waals surface area contributed by atoms with Gasteiger partial charge in [-0.25, -0.2) is 13.8 Å². The minimum absolute atomic E-state index is 0.0731. The summed E-state index contributed by atoms with van der Waals surface area (Å²) in [5, 5.41) is 16.4. The van der Waals surface area contributed by atoms with Crippen LogP contribution in [0.4, 0.5) is 8.78 Å². The molecule has 1 atom stereocenters. The monoisotopic (exact) mass is 312 g/mol. The molecule has 6 heteroatoms. The van der Waals surface area contributed by atoms with Crippen LogP contribution in [0.3, 0.4) is 0 Å². The maximum atomic E-state index is 13.7. The molecule has 1 aromatic carbocycles. The molecule has 0 saturated carbocycles. The Balaban J connectivity index is 1.97. The second-order valence-electron chi connectivity index (χ2n) is 5.09. The molecular weight excluding hydrogens is 294 g/mol. The van der Waals surface area contributed by atoms with Crippen molar-refractivity contribution in [1.29, 1.82) is 0 Å². The van der Waals surface area contributed by atoms with Crippen LogP contribution in [0.2, 0.25) is 0 Å². The summed E-state index contributed by atoms with van der Waals surface area (Å²) in [6.45, 7) is 4.18. The lowest BCUT2D eigenvalue weighted by Crippen LogP contribution is -2.36. The minimum atomic E-state index is -1.42. The van der Waals surface area contributed by atoms with Gasteiger partial charge in [0, 0.05) is 30.1 Å². The van der Waals surface area contributed by atoms with E-state index in [1.807, 2.05) is 12.3 Å². The number of nitrogens with zero attached hydrogens (tertiary/aromatic N) is 1. The molecule has 1 unspecified atom stereocenters. The zero-order chi connectivity index (χ0) is 15.5. The molecule has 2 aromatic rings. The van der Waals surface area contributed by atoms with Crippen LogP contribution in [0.1, 0.15) is 30.1 Å². The molecule has 114 valence electrons. The highest BCUT2D eigenvalue weighted by Crippen LogP contribution is 2.23. The van der Waals surface area contributed by atoms with Crippen molar-refractivity contribution in [2.45, 2.75) is 32.4 Å². The minimum Gasteiger partial charge on any atom is -0.384 e. The van der Waals surface area contributed by atoms with Gasteiger partial charge in [0.15, 0.2) is 0 Å². The largest absolute Gasteiger partial charge is 0.384 e. The zero-order valence-corrected chi connectivity index (χ0v) is 12.8. The first kappa shape index (κ1) is 16.0. The van der Waals surface area contributed by atoms with Crippen molar-refractivity contribution in [3.05, 3.63) is 51.5 Å². The van der Waals surface area contributed by atoms with Gasteiger partial charge in [0.05, 0.1) is 10.7 Å². The molecule has 0 fully saturated rings. The van der Waals surface area contributed by atoms with E-state index in [0.29, 0.717) is 6.54 Å². The number of nitrogens with one attached hydrogen (secondary N) is 1. The van der Waals surface area contributed by atoms with Gasteiger partial charge < -0.3 is 10.4 Å². The third-order valence-electron chi connectivity index (χ3n) is 3.19. The van der Waals surface area contributed by atoms with E-state index >= 15 is 0 Å². The fraction of sp³-hybridized carbons (Fsp3) is 0.400. The van der Waals surface area contributed by atoms with Crippen LogP contribution in [0.25, 0.3) is 0 Å². The number of halogens is 2. The smallest absolute Gasteiger partial charge is 0.132 e. The quantitative estimate of drug-likeness (QED) is 0.862. The van der Waals surface area contributed by atoms with E-state index in [9.17, 15) is 13.9 Å². The van der Waals surface area contributed by atoms with Gasteiger partial charge in [0.2, 0.25) is 0 Å². The van der Waals surface area contributed by atoms with Gasteiger partial charge in [-0.2, -0.15) is 0 Å². The summed E-state index contributed by atoms with van der Waals surface area (Å²) in [5.74, 6) is -1.40. The second kappa shape index (κ2) is 6.60. The third-order valence-corrected chi connectivity index (χ3v) is 4.23. The van der Waals surface area contributed by atoms with E-state index < -0.39 is 17.2 Å². The number of hydrogen-bond donors (Lipinski definition) is 2. The summed E-state index contributed by atoms with van der Waals surface area (Å²) < 4.78 is 26.6. The Morgan fingerprint density at radius 3 is 2.76 bits per heavy atom. The first-order chi connectivity index (χ1) is 9.92. The number of aromatic nitrogens is 1. The van der Waals surface area contributed by atoms with Crippen LogP contribution in [0.15, 0.2) is 23.6 Å². The van der Waals surface area contributed by atoms with Crippen molar-refractivity contribution in [3.63, 3.8) is 0 Å². The molecule has 0 amide bonds. The Morgan fingerprint density at radius 2 is 2.14 bits per heavy atom. The lowest BCUT2D eigenvalue weighted by molar-refractivity contribution is 0.0527. The van der Waals surface area contributed by atoms with Crippen LogP contribution in [-0.2, 0) is 18.6 Å². The number of aryl methyl sites for hydroxylation is 1. The molecule has 3 nitrogen and oxygen atoms in total. The van der Waals surface area contributed by atoms with Gasteiger partial charge in [-0.05, 0) is 19.4 Å². The fourth-order valence-corrected chi connectivity index (χ4v) is 2.79. The van der Waals surface area contributed by atoms with Gasteiger partial charge in [-0.15, -0.1) is 11.3 Å². The summed E-state index contributed by atoms with van der Waals surface area (Å²) in [7, 11) is 0. The van der Waals surface area contributed by atoms with Crippen LogP contribution in [0, 0.1) is 11.6 Å². The maximum Gasteiger partial charge on any atom is 0.132 e. The van der Waals surface area contributed by atoms with Crippen molar-refractivity contribution >= 4 is 11.3 Å². The predicted molar refractivity (Wildman–Crippen MR) is 79.1 cm³/mol. The Labute approximate surface area is 126 Å². The highest BCUT2D eigenvalue weighted by Gasteiger charge is 2.26.